The molecule has 3 heterocycles. The Balaban J connectivity index is 1.38. The summed E-state index contributed by atoms with van der Waals surface area (Å²) in [5.74, 6) is 0.447. The predicted octanol–water partition coefficient (Wildman–Crippen LogP) is 2.03. The summed E-state index contributed by atoms with van der Waals surface area (Å²) in [6.45, 7) is 3.56. The molecule has 7 heteroatoms. The number of ether oxygens (including phenoxy) is 1. The molecule has 1 unspecified atom stereocenters. The highest BCUT2D eigenvalue weighted by Crippen LogP contribution is 2.33. The first-order valence-electron chi connectivity index (χ1n) is 10.5. The Morgan fingerprint density at radius 1 is 1.14 bits per heavy atom. The molecule has 0 bridgehead atoms. The lowest BCUT2D eigenvalue weighted by atomic mass is 9.86. The van der Waals surface area contributed by atoms with Gasteiger partial charge in [0, 0.05) is 31.7 Å². The summed E-state index contributed by atoms with van der Waals surface area (Å²) in [4.78, 5) is 31.5. The average Bonchev–Trinajstić information content (AvgIpc) is 3.44. The number of carbonyl (C=O) groups excluding carboxylic acids is 2. The number of nitrogens with zero attached hydrogens (tertiary/aromatic N) is 4. The molecular weight excluding hydrogens is 368 g/mol. The van der Waals surface area contributed by atoms with Gasteiger partial charge in [-0.15, -0.1) is 0 Å². The van der Waals surface area contributed by atoms with Crippen LogP contribution in [-0.2, 0) is 9.59 Å². The third kappa shape index (κ3) is 3.69. The molecule has 1 aromatic carbocycles. The average molecular weight is 396 g/mol. The van der Waals surface area contributed by atoms with Crippen molar-refractivity contribution in [2.75, 3.05) is 44.7 Å². The van der Waals surface area contributed by atoms with E-state index < -0.39 is 5.54 Å². The molecule has 3 fully saturated rings. The second-order valence-corrected chi connectivity index (χ2v) is 8.27. The van der Waals surface area contributed by atoms with E-state index in [9.17, 15) is 14.9 Å². The van der Waals surface area contributed by atoms with E-state index >= 15 is 0 Å². The van der Waals surface area contributed by atoms with Crippen molar-refractivity contribution in [2.24, 2.45) is 5.92 Å². The first-order valence-corrected chi connectivity index (χ1v) is 10.5. The third-order valence-electron chi connectivity index (χ3n) is 6.68. The van der Waals surface area contributed by atoms with E-state index in [0.29, 0.717) is 32.5 Å². The number of carbonyl (C=O) groups is 2. The summed E-state index contributed by atoms with van der Waals surface area (Å²) in [6.07, 6.45) is 3.93. The molecule has 7 nitrogen and oxygen atoms in total. The first-order chi connectivity index (χ1) is 14.1. The van der Waals surface area contributed by atoms with E-state index in [2.05, 4.69) is 11.0 Å². The second-order valence-electron chi connectivity index (χ2n) is 8.27. The van der Waals surface area contributed by atoms with Gasteiger partial charge in [0.1, 0.15) is 11.3 Å². The SMILES string of the molecule is COc1ccc(N2CC(C(=O)N3CCC(C#N)(N4CCCC4)CC3)CC2=O)cc1. The van der Waals surface area contributed by atoms with Crippen LogP contribution in [-0.4, -0.2) is 67.0 Å². The largest absolute Gasteiger partial charge is 0.497 e. The maximum Gasteiger partial charge on any atom is 0.228 e. The van der Waals surface area contributed by atoms with Crippen molar-refractivity contribution >= 4 is 17.5 Å². The normalized spacial score (nSPS) is 24.6. The number of hydrogen-bond acceptors (Lipinski definition) is 5. The minimum atomic E-state index is -0.423. The first kappa shape index (κ1) is 19.7. The van der Waals surface area contributed by atoms with E-state index in [4.69, 9.17) is 4.74 Å². The lowest BCUT2D eigenvalue weighted by Crippen LogP contribution is -2.55. The van der Waals surface area contributed by atoms with Gasteiger partial charge >= 0.3 is 0 Å². The van der Waals surface area contributed by atoms with Gasteiger partial charge in [-0.05, 0) is 63.0 Å². The highest BCUT2D eigenvalue weighted by atomic mass is 16.5. The number of likely N-dealkylation sites (tertiary alicyclic amines) is 2. The van der Waals surface area contributed by atoms with E-state index in [1.807, 2.05) is 29.2 Å². The quantitative estimate of drug-likeness (QED) is 0.778. The van der Waals surface area contributed by atoms with Crippen LogP contribution in [0.15, 0.2) is 24.3 Å². The third-order valence-corrected chi connectivity index (χ3v) is 6.68. The van der Waals surface area contributed by atoms with Crippen LogP contribution in [0.1, 0.15) is 32.1 Å². The van der Waals surface area contributed by atoms with Gasteiger partial charge in [0.2, 0.25) is 11.8 Å². The Morgan fingerprint density at radius 2 is 1.79 bits per heavy atom. The van der Waals surface area contributed by atoms with Crippen LogP contribution >= 0.6 is 0 Å². The van der Waals surface area contributed by atoms with E-state index in [1.54, 1.807) is 12.0 Å². The summed E-state index contributed by atoms with van der Waals surface area (Å²) >= 11 is 0. The maximum absolute atomic E-state index is 13.1. The molecule has 3 aliphatic rings. The van der Waals surface area contributed by atoms with Crippen LogP contribution in [0.5, 0.6) is 5.75 Å². The van der Waals surface area contributed by atoms with Crippen molar-refractivity contribution in [1.29, 1.82) is 5.26 Å². The fourth-order valence-electron chi connectivity index (χ4n) is 4.88. The van der Waals surface area contributed by atoms with Crippen molar-refractivity contribution in [3.05, 3.63) is 24.3 Å². The lowest BCUT2D eigenvalue weighted by molar-refractivity contribution is -0.137. The summed E-state index contributed by atoms with van der Waals surface area (Å²) in [7, 11) is 1.61. The molecular formula is C22H28N4O3. The van der Waals surface area contributed by atoms with Gasteiger partial charge in [0.05, 0.1) is 19.1 Å². The summed E-state index contributed by atoms with van der Waals surface area (Å²) in [6, 6.07) is 9.89. The van der Waals surface area contributed by atoms with Crippen molar-refractivity contribution in [3.63, 3.8) is 0 Å². The van der Waals surface area contributed by atoms with Gasteiger partial charge < -0.3 is 14.5 Å². The van der Waals surface area contributed by atoms with Gasteiger partial charge in [-0.3, -0.25) is 14.5 Å². The molecule has 0 aromatic heterocycles. The monoisotopic (exact) mass is 396 g/mol. The van der Waals surface area contributed by atoms with Crippen LogP contribution in [0.4, 0.5) is 5.69 Å². The number of nitriles is 1. The zero-order chi connectivity index (χ0) is 20.4. The maximum atomic E-state index is 13.1. The molecule has 4 rings (SSSR count). The molecule has 0 N–H and O–H groups in total. The highest BCUT2D eigenvalue weighted by molar-refractivity contribution is 6.00. The molecule has 3 saturated heterocycles. The van der Waals surface area contributed by atoms with Crippen molar-refractivity contribution in [3.8, 4) is 11.8 Å². The molecule has 1 atom stereocenters. The minimum Gasteiger partial charge on any atom is -0.497 e. The second kappa shape index (κ2) is 8.03. The Bertz CT molecular complexity index is 802. The molecule has 3 aliphatic heterocycles. The van der Waals surface area contributed by atoms with E-state index in [0.717, 1.165) is 37.4 Å². The number of piperidine rings is 1. The number of rotatable bonds is 4. The van der Waals surface area contributed by atoms with E-state index in [1.165, 1.54) is 0 Å². The molecule has 29 heavy (non-hydrogen) atoms. The zero-order valence-electron chi connectivity index (χ0n) is 17.0. The zero-order valence-corrected chi connectivity index (χ0v) is 17.0. The molecule has 0 saturated carbocycles. The molecule has 0 aliphatic carbocycles. The number of methoxy groups -OCH3 is 1. The van der Waals surface area contributed by atoms with Crippen LogP contribution in [0.2, 0.25) is 0 Å². The van der Waals surface area contributed by atoms with Gasteiger partial charge in [0.25, 0.3) is 0 Å². The predicted molar refractivity (Wildman–Crippen MR) is 108 cm³/mol. The number of hydrogen-bond donors (Lipinski definition) is 0. The highest BCUT2D eigenvalue weighted by Gasteiger charge is 2.44. The summed E-state index contributed by atoms with van der Waals surface area (Å²) in [5.41, 5.74) is 0.371. The number of benzene rings is 1. The van der Waals surface area contributed by atoms with Gasteiger partial charge in [-0.1, -0.05) is 0 Å². The Hall–Kier alpha value is -2.59. The summed E-state index contributed by atoms with van der Waals surface area (Å²) < 4.78 is 5.17. The molecule has 0 radical (unpaired) electrons. The fourth-order valence-corrected chi connectivity index (χ4v) is 4.88. The number of anilines is 1. The van der Waals surface area contributed by atoms with Crippen molar-refractivity contribution < 1.29 is 14.3 Å². The number of amides is 2. The minimum absolute atomic E-state index is 0.0195. The summed E-state index contributed by atoms with van der Waals surface area (Å²) in [5, 5.41) is 9.82. The topological polar surface area (TPSA) is 76.9 Å². The van der Waals surface area contributed by atoms with Crippen LogP contribution in [0.3, 0.4) is 0 Å². The molecule has 0 spiro atoms. The van der Waals surface area contributed by atoms with Gasteiger partial charge in [-0.2, -0.15) is 5.26 Å². The van der Waals surface area contributed by atoms with Crippen LogP contribution < -0.4 is 9.64 Å². The standard InChI is InChI=1S/C22H28N4O3/c1-29-19-6-4-18(5-7-19)26-15-17(14-20(26)27)21(28)24-12-8-22(16-23,9-13-24)25-10-2-3-11-25/h4-7,17H,2-3,8-15H2,1H3. The van der Waals surface area contributed by atoms with Gasteiger partial charge in [0.15, 0.2) is 0 Å². The van der Waals surface area contributed by atoms with Crippen molar-refractivity contribution in [1.82, 2.24) is 9.80 Å². The van der Waals surface area contributed by atoms with Crippen molar-refractivity contribution in [2.45, 2.75) is 37.6 Å². The van der Waals surface area contributed by atoms with Crippen LogP contribution in [0, 0.1) is 17.2 Å². The fraction of sp³-hybridized carbons (Fsp3) is 0.591. The molecule has 2 amide bonds. The Morgan fingerprint density at radius 3 is 2.38 bits per heavy atom. The Labute approximate surface area is 171 Å². The van der Waals surface area contributed by atoms with Crippen LogP contribution in [0.25, 0.3) is 0 Å². The van der Waals surface area contributed by atoms with Gasteiger partial charge in [-0.25, -0.2) is 0 Å². The molecule has 1 aromatic rings. The lowest BCUT2D eigenvalue weighted by Gasteiger charge is -2.43. The smallest absolute Gasteiger partial charge is 0.228 e. The van der Waals surface area contributed by atoms with E-state index in [-0.39, 0.29) is 24.2 Å². The Kier molecular flexibility index (Phi) is 5.46. The molecule has 154 valence electrons.